The lowest BCUT2D eigenvalue weighted by Gasteiger charge is -2.47. The predicted molar refractivity (Wildman–Crippen MR) is 244 cm³/mol. The minimum absolute atomic E-state index is 0.0203. The number of hydrogen-bond acceptors (Lipinski definition) is 14. The maximum atomic E-state index is 13.4. The molecule has 2 aliphatic heterocycles. The second kappa shape index (κ2) is 25.1. The first-order valence-electron chi connectivity index (χ1n) is 22.3. The number of aromatic nitrogens is 2. The minimum atomic E-state index is -0.270. The molecule has 2 N–H and O–H groups in total. The van der Waals surface area contributed by atoms with Crippen LogP contribution in [0.5, 0.6) is 5.75 Å². The fraction of sp³-hybridized carbons (Fsp3) is 0.565. The number of aryl methyl sites for hydroxylation is 1. The molecule has 0 atom stereocenters. The molecule has 0 bridgehead atoms. The summed E-state index contributed by atoms with van der Waals surface area (Å²) in [5, 5.41) is 6.31. The van der Waals surface area contributed by atoms with Crippen molar-refractivity contribution >= 4 is 57.6 Å². The van der Waals surface area contributed by atoms with Gasteiger partial charge < -0.3 is 43.9 Å². The molecule has 0 radical (unpaired) electrons. The summed E-state index contributed by atoms with van der Waals surface area (Å²) in [6.45, 7) is 11.3. The highest BCUT2D eigenvalue weighted by Crippen LogP contribution is 2.32. The maximum absolute atomic E-state index is 13.4. The Morgan fingerprint density at radius 3 is 2.49 bits per heavy atom. The summed E-state index contributed by atoms with van der Waals surface area (Å²) in [6.07, 6.45) is 8.87. The molecule has 2 aromatic heterocycles. The number of aromatic amines is 1. The number of piperidine rings is 1. The van der Waals surface area contributed by atoms with E-state index in [0.29, 0.717) is 108 Å². The van der Waals surface area contributed by atoms with Crippen molar-refractivity contribution in [2.75, 3.05) is 85.3 Å². The van der Waals surface area contributed by atoms with Crippen LogP contribution in [0.25, 0.3) is 10.2 Å². The fourth-order valence-electron chi connectivity index (χ4n) is 8.23. The zero-order valence-electron chi connectivity index (χ0n) is 36.4. The van der Waals surface area contributed by atoms with Crippen molar-refractivity contribution in [2.45, 2.75) is 83.2 Å². The Labute approximate surface area is 377 Å². The molecule has 0 unspecified atom stereocenters. The number of morpholine rings is 1. The number of hydrogen-bond donors (Lipinski definition) is 2. The van der Waals surface area contributed by atoms with Crippen molar-refractivity contribution in [1.82, 2.24) is 30.0 Å². The van der Waals surface area contributed by atoms with E-state index in [-0.39, 0.29) is 22.3 Å². The third kappa shape index (κ3) is 14.5. The van der Waals surface area contributed by atoms with Gasteiger partial charge in [0, 0.05) is 51.2 Å². The highest BCUT2D eigenvalue weighted by atomic mass is 32.1. The fourth-order valence-corrected chi connectivity index (χ4v) is 9.84. The van der Waals surface area contributed by atoms with E-state index in [2.05, 4.69) is 51.4 Å². The van der Waals surface area contributed by atoms with E-state index in [1.165, 1.54) is 11.1 Å². The van der Waals surface area contributed by atoms with Gasteiger partial charge in [-0.3, -0.25) is 24.0 Å². The summed E-state index contributed by atoms with van der Waals surface area (Å²) >= 11 is 2.64. The Morgan fingerprint density at radius 2 is 1.73 bits per heavy atom. The van der Waals surface area contributed by atoms with Gasteiger partial charge >= 0.3 is 4.87 Å². The third-order valence-corrected chi connectivity index (χ3v) is 13.9. The highest BCUT2D eigenvalue weighted by Gasteiger charge is 2.41. The van der Waals surface area contributed by atoms with Gasteiger partial charge in [0.25, 0.3) is 18.9 Å². The number of amides is 2. The lowest BCUT2D eigenvalue weighted by Crippen LogP contribution is -2.58. The molecule has 63 heavy (non-hydrogen) atoms. The Bertz CT molecular complexity index is 2110. The molecule has 15 nitrogen and oxygen atoms in total. The molecule has 2 aliphatic rings. The van der Waals surface area contributed by atoms with E-state index in [1.807, 2.05) is 21.2 Å². The van der Waals surface area contributed by atoms with Crippen LogP contribution in [-0.2, 0) is 54.3 Å². The van der Waals surface area contributed by atoms with Crippen molar-refractivity contribution in [3.8, 4) is 5.75 Å². The molecule has 0 aliphatic carbocycles. The van der Waals surface area contributed by atoms with Gasteiger partial charge in [0.1, 0.15) is 11.2 Å². The van der Waals surface area contributed by atoms with Crippen molar-refractivity contribution in [2.24, 2.45) is 0 Å². The second-order valence-corrected chi connectivity index (χ2v) is 18.1. The number of rotatable bonds is 27. The molecule has 6 rings (SSSR count). The number of fused-ring (bicyclic) bond motifs is 1. The summed E-state index contributed by atoms with van der Waals surface area (Å²) in [6, 6.07) is 12.3. The van der Waals surface area contributed by atoms with Gasteiger partial charge in [0.2, 0.25) is 5.91 Å². The van der Waals surface area contributed by atoms with Crippen LogP contribution in [-0.4, -0.2) is 140 Å². The van der Waals surface area contributed by atoms with Gasteiger partial charge in [0.15, 0.2) is 5.75 Å². The molecule has 0 saturated carbocycles. The monoisotopic (exact) mass is 906 g/mol. The molecular weight excluding hydrogens is 845 g/mol. The van der Waals surface area contributed by atoms with Gasteiger partial charge in [-0.2, -0.15) is 0 Å². The largest absolute Gasteiger partial charge is 0.468 e. The molecule has 2 aromatic carbocycles. The Kier molecular flexibility index (Phi) is 19.1. The third-order valence-electron chi connectivity index (χ3n) is 11.9. The lowest BCUT2D eigenvalue weighted by molar-refractivity contribution is -0.132. The average molecular weight is 907 g/mol. The zero-order chi connectivity index (χ0) is 44.3. The van der Waals surface area contributed by atoms with Crippen molar-refractivity contribution < 1.29 is 38.1 Å². The number of nitrogens with one attached hydrogen (secondary N) is 2. The number of carbonyl (C=O) groups is 4. The van der Waals surface area contributed by atoms with Gasteiger partial charge in [0.05, 0.1) is 54.7 Å². The molecule has 4 aromatic rings. The SMILES string of the molecule is CCc1nc(C(=O)N2CCOC3(CCN(CCc4ccc(CCOCCC(=O)N(CCCCCCOC=O)CCNCCc5ccc(OC=O)c6[nH]c(=O)sc56)cc4)CC3)C2)cs1. The summed E-state index contributed by atoms with van der Waals surface area (Å²) < 4.78 is 22.9. The molecule has 2 amide bonds. The van der Waals surface area contributed by atoms with Crippen LogP contribution in [0.1, 0.15) is 84.1 Å². The molecule has 2 fully saturated rings. The lowest BCUT2D eigenvalue weighted by atomic mass is 9.89. The number of unbranched alkanes of at least 4 members (excludes halogenated alkanes) is 3. The second-order valence-electron chi connectivity index (χ2n) is 16.2. The molecule has 17 heteroatoms. The van der Waals surface area contributed by atoms with Crippen LogP contribution in [0.3, 0.4) is 0 Å². The summed E-state index contributed by atoms with van der Waals surface area (Å²) in [5.41, 5.74) is 4.28. The number of thiazole rings is 2. The first-order chi connectivity index (χ1) is 30.8. The molecule has 1 spiro atoms. The first kappa shape index (κ1) is 47.9. The maximum Gasteiger partial charge on any atom is 0.305 e. The normalized spacial score (nSPS) is 15.2. The van der Waals surface area contributed by atoms with Gasteiger partial charge in [-0.15, -0.1) is 11.3 Å². The van der Waals surface area contributed by atoms with Crippen molar-refractivity contribution in [3.05, 3.63) is 78.8 Å². The standard InChI is InChI=1S/C46H62N6O9S2/c1-2-40-48-38(31-62-40)44(56)52-26-30-61-46(32-52)17-23-50(24-18-46)22-14-35-7-9-36(10-8-35)15-28-58-29-16-41(55)51(21-5-3-4-6-27-59-33-53)25-20-47-19-13-37-11-12-39(60-34-54)42-43(37)63-45(57)49-42/h7-12,31,33-34,47H,2-6,13-30,32H2,1H3,(H,49,57). The number of carbonyl (C=O) groups excluding carboxylic acids is 4. The van der Waals surface area contributed by atoms with E-state index in [1.54, 1.807) is 17.4 Å². The number of ether oxygens (including phenoxy) is 4. The van der Waals surface area contributed by atoms with Gasteiger partial charge in [-0.25, -0.2) is 4.98 Å². The predicted octanol–water partition coefficient (Wildman–Crippen LogP) is 5.04. The van der Waals surface area contributed by atoms with E-state index in [9.17, 15) is 24.0 Å². The molecule has 4 heterocycles. The van der Waals surface area contributed by atoms with Gasteiger partial charge in [-0.05, 0) is 87.1 Å². The summed E-state index contributed by atoms with van der Waals surface area (Å²) in [4.78, 5) is 73.3. The van der Waals surface area contributed by atoms with Crippen LogP contribution in [0, 0.1) is 0 Å². The minimum Gasteiger partial charge on any atom is -0.468 e. The molecular formula is C46H62N6O9S2. The topological polar surface area (TPSA) is 173 Å². The van der Waals surface area contributed by atoms with E-state index in [4.69, 9.17) is 18.9 Å². The zero-order valence-corrected chi connectivity index (χ0v) is 38.1. The van der Waals surface area contributed by atoms with Crippen LogP contribution >= 0.6 is 22.7 Å². The van der Waals surface area contributed by atoms with Crippen LogP contribution in [0.15, 0.2) is 46.6 Å². The summed E-state index contributed by atoms with van der Waals surface area (Å²) in [7, 11) is 0. The number of nitrogens with zero attached hydrogens (tertiary/aromatic N) is 4. The quantitative estimate of drug-likeness (QED) is 0.0605. The van der Waals surface area contributed by atoms with Crippen LogP contribution in [0.2, 0.25) is 0 Å². The van der Waals surface area contributed by atoms with E-state index < -0.39 is 0 Å². The Hall–Kier alpha value is -4.52. The first-order valence-corrected chi connectivity index (χ1v) is 24.0. The Balaban J connectivity index is 0.867. The van der Waals surface area contributed by atoms with E-state index >= 15 is 0 Å². The highest BCUT2D eigenvalue weighted by molar-refractivity contribution is 7.16. The van der Waals surface area contributed by atoms with Crippen molar-refractivity contribution in [3.63, 3.8) is 0 Å². The average Bonchev–Trinajstić information content (AvgIpc) is 3.96. The number of likely N-dealkylation sites (tertiary alicyclic amines) is 1. The molecule has 2 saturated heterocycles. The molecule has 342 valence electrons. The van der Waals surface area contributed by atoms with E-state index in [0.717, 1.165) is 104 Å². The van der Waals surface area contributed by atoms with Crippen LogP contribution < -0.4 is 14.9 Å². The van der Waals surface area contributed by atoms with Crippen molar-refractivity contribution in [1.29, 1.82) is 0 Å². The van der Waals surface area contributed by atoms with Crippen LogP contribution in [0.4, 0.5) is 0 Å². The van der Waals surface area contributed by atoms with Gasteiger partial charge in [-0.1, -0.05) is 55.0 Å². The Morgan fingerprint density at radius 1 is 0.937 bits per heavy atom. The number of H-pyrrole nitrogens is 1. The number of benzene rings is 2. The summed E-state index contributed by atoms with van der Waals surface area (Å²) in [5.74, 6) is 0.401. The smallest absolute Gasteiger partial charge is 0.305 e.